The highest BCUT2D eigenvalue weighted by molar-refractivity contribution is 7.94. The summed E-state index contributed by atoms with van der Waals surface area (Å²) in [5.74, 6) is -0.336. The molecule has 1 atom stereocenters. The number of likely N-dealkylation sites (N-methyl/N-ethyl adjacent to an activating group) is 1. The molecule has 0 fully saturated rings. The number of carbonyl (C=O) groups is 1. The van der Waals surface area contributed by atoms with E-state index in [0.29, 0.717) is 11.3 Å². The lowest BCUT2D eigenvalue weighted by Crippen LogP contribution is -2.42. The molecular formula is C9H13N3O5S3. The summed E-state index contributed by atoms with van der Waals surface area (Å²) < 4.78 is 47.8. The summed E-state index contributed by atoms with van der Waals surface area (Å²) in [5.41, 5.74) is 0.257. The van der Waals surface area contributed by atoms with Crippen LogP contribution in [0, 0.1) is 0 Å². The summed E-state index contributed by atoms with van der Waals surface area (Å²) in [6.07, 6.45) is 0. The quantitative estimate of drug-likeness (QED) is 0.730. The van der Waals surface area contributed by atoms with Gasteiger partial charge >= 0.3 is 0 Å². The molecule has 1 aliphatic rings. The third kappa shape index (κ3) is 2.59. The molecule has 1 aromatic heterocycles. The Balaban J connectivity index is 2.64. The number of fused-ring (bicyclic) bond motifs is 1. The summed E-state index contributed by atoms with van der Waals surface area (Å²) in [6, 6.07) is 0.614. The number of rotatable bonds is 2. The first-order valence-corrected chi connectivity index (χ1v) is 9.23. The first-order valence-electron chi connectivity index (χ1n) is 5.43. The molecule has 1 aromatic rings. The minimum atomic E-state index is -3.99. The number of carbonyl (C=O) groups excluding carboxylic acids is 1. The molecule has 2 rings (SSSR count). The fourth-order valence-corrected chi connectivity index (χ4v) is 5.97. The Morgan fingerprint density at radius 1 is 1.55 bits per heavy atom. The Morgan fingerprint density at radius 3 is 2.65 bits per heavy atom. The van der Waals surface area contributed by atoms with Crippen molar-refractivity contribution >= 4 is 37.3 Å². The monoisotopic (exact) mass is 339 g/mol. The predicted octanol–water partition coefficient (Wildman–Crippen LogP) is -0.793. The van der Waals surface area contributed by atoms with Crippen LogP contribution in [0.5, 0.6) is 0 Å². The lowest BCUT2D eigenvalue weighted by atomic mass is 10.1. The van der Waals surface area contributed by atoms with Gasteiger partial charge in [0.05, 0.1) is 6.04 Å². The molecule has 0 aromatic carbocycles. The smallest absolute Gasteiger partial charge is 0.252 e. The summed E-state index contributed by atoms with van der Waals surface area (Å²) in [4.78, 5) is 11.2. The number of amides is 1. The Labute approximate surface area is 120 Å². The molecule has 0 bridgehead atoms. The average molecular weight is 339 g/mol. The van der Waals surface area contributed by atoms with Crippen LogP contribution in [-0.4, -0.2) is 40.6 Å². The van der Waals surface area contributed by atoms with Gasteiger partial charge in [-0.1, -0.05) is 0 Å². The second kappa shape index (κ2) is 4.77. The summed E-state index contributed by atoms with van der Waals surface area (Å²) in [5, 5.41) is 7.62. The summed E-state index contributed by atoms with van der Waals surface area (Å²) >= 11 is 0.590. The number of nitrogens with zero attached hydrogens (tertiary/aromatic N) is 1. The van der Waals surface area contributed by atoms with E-state index in [-0.39, 0.29) is 26.4 Å². The van der Waals surface area contributed by atoms with Gasteiger partial charge in [0.15, 0.2) is 0 Å². The molecular weight excluding hydrogens is 326 g/mol. The number of nitrogens with two attached hydrogens (primary N) is 1. The van der Waals surface area contributed by atoms with Crippen molar-refractivity contribution < 1.29 is 21.6 Å². The van der Waals surface area contributed by atoms with Gasteiger partial charge in [-0.15, -0.1) is 11.3 Å². The van der Waals surface area contributed by atoms with Crippen molar-refractivity contribution in [2.75, 3.05) is 13.6 Å². The zero-order chi connectivity index (χ0) is 15.3. The zero-order valence-corrected chi connectivity index (χ0v) is 13.1. The maximum Gasteiger partial charge on any atom is 0.252 e. The van der Waals surface area contributed by atoms with Crippen molar-refractivity contribution in [1.82, 2.24) is 9.62 Å². The van der Waals surface area contributed by atoms with Crippen LogP contribution in [0.15, 0.2) is 14.5 Å². The maximum atomic E-state index is 12.2. The largest absolute Gasteiger partial charge is 0.348 e. The lowest BCUT2D eigenvalue weighted by Gasteiger charge is -2.29. The minimum absolute atomic E-state index is 0.0374. The highest BCUT2D eigenvalue weighted by Crippen LogP contribution is 2.39. The minimum Gasteiger partial charge on any atom is -0.348 e. The number of hydrogen-bond donors (Lipinski definition) is 2. The van der Waals surface area contributed by atoms with Crippen molar-refractivity contribution in [1.29, 1.82) is 0 Å². The molecule has 1 unspecified atom stereocenters. The molecule has 1 aliphatic heterocycles. The van der Waals surface area contributed by atoms with Gasteiger partial charge in [0.25, 0.3) is 10.0 Å². The van der Waals surface area contributed by atoms with E-state index in [9.17, 15) is 21.6 Å². The molecule has 112 valence electrons. The van der Waals surface area contributed by atoms with Gasteiger partial charge in [-0.2, -0.15) is 4.31 Å². The second-order valence-corrected chi connectivity index (χ2v) is 9.47. The second-order valence-electron chi connectivity index (χ2n) is 4.39. The fourth-order valence-electron chi connectivity index (χ4n) is 1.91. The molecule has 0 radical (unpaired) electrons. The topological polar surface area (TPSA) is 127 Å². The van der Waals surface area contributed by atoms with Gasteiger partial charge in [0.1, 0.15) is 8.42 Å². The summed E-state index contributed by atoms with van der Waals surface area (Å²) in [7, 11) is -6.38. The molecule has 2 heterocycles. The highest BCUT2D eigenvalue weighted by Gasteiger charge is 2.38. The van der Waals surface area contributed by atoms with Gasteiger partial charge in [-0.3, -0.25) is 4.79 Å². The van der Waals surface area contributed by atoms with E-state index in [0.717, 1.165) is 4.31 Å². The first kappa shape index (κ1) is 15.4. The van der Waals surface area contributed by atoms with E-state index in [4.69, 9.17) is 5.14 Å². The predicted molar refractivity (Wildman–Crippen MR) is 72.1 cm³/mol. The highest BCUT2D eigenvalue weighted by atomic mass is 32.3. The molecule has 20 heavy (non-hydrogen) atoms. The van der Waals surface area contributed by atoms with Gasteiger partial charge in [-0.25, -0.2) is 22.0 Å². The van der Waals surface area contributed by atoms with Crippen molar-refractivity contribution in [3.63, 3.8) is 0 Å². The maximum absolute atomic E-state index is 12.2. The van der Waals surface area contributed by atoms with Crippen molar-refractivity contribution in [3.8, 4) is 0 Å². The van der Waals surface area contributed by atoms with E-state index in [1.807, 2.05) is 0 Å². The van der Waals surface area contributed by atoms with Crippen LogP contribution in [0.1, 0.15) is 18.5 Å². The Bertz CT molecular complexity index is 765. The van der Waals surface area contributed by atoms with Crippen LogP contribution in [-0.2, 0) is 24.8 Å². The molecule has 0 saturated carbocycles. The van der Waals surface area contributed by atoms with Crippen LogP contribution in [0.2, 0.25) is 0 Å². The van der Waals surface area contributed by atoms with E-state index in [2.05, 4.69) is 5.32 Å². The zero-order valence-electron chi connectivity index (χ0n) is 10.7. The standard InChI is InChI=1S/C9H13N3O5S3/c1-5(13)11-7-4-12(2)20(16,17)9-6(7)3-8(18-9)19(10,14)15/h3,7H,4H2,1-2H3,(H,11,13)(H2,10,14,15). The lowest BCUT2D eigenvalue weighted by molar-refractivity contribution is -0.119. The number of primary sulfonamides is 1. The number of thiophene rings is 1. The molecule has 3 N–H and O–H groups in total. The van der Waals surface area contributed by atoms with Crippen LogP contribution < -0.4 is 10.5 Å². The Kier molecular flexibility index (Phi) is 3.67. The van der Waals surface area contributed by atoms with Gasteiger partial charge in [-0.05, 0) is 6.07 Å². The number of sulfonamides is 2. The van der Waals surface area contributed by atoms with E-state index >= 15 is 0 Å². The Hall–Kier alpha value is -1.01. The van der Waals surface area contributed by atoms with Gasteiger partial charge in [0, 0.05) is 26.1 Å². The van der Waals surface area contributed by atoms with Crippen LogP contribution in [0.25, 0.3) is 0 Å². The van der Waals surface area contributed by atoms with Crippen molar-refractivity contribution in [2.45, 2.75) is 21.4 Å². The molecule has 0 aliphatic carbocycles. The van der Waals surface area contributed by atoms with E-state index < -0.39 is 26.1 Å². The average Bonchev–Trinajstić information content (AvgIpc) is 2.70. The van der Waals surface area contributed by atoms with Crippen molar-refractivity contribution in [2.24, 2.45) is 5.14 Å². The molecule has 11 heteroatoms. The Morgan fingerprint density at radius 2 is 2.15 bits per heavy atom. The van der Waals surface area contributed by atoms with Gasteiger partial charge in [0.2, 0.25) is 15.9 Å². The van der Waals surface area contributed by atoms with Gasteiger partial charge < -0.3 is 5.32 Å². The first-order chi connectivity index (χ1) is 9.03. The number of hydrogen-bond acceptors (Lipinski definition) is 6. The summed E-state index contributed by atoms with van der Waals surface area (Å²) in [6.45, 7) is 1.34. The van der Waals surface area contributed by atoms with E-state index in [1.54, 1.807) is 0 Å². The van der Waals surface area contributed by atoms with E-state index in [1.165, 1.54) is 20.0 Å². The molecule has 0 saturated heterocycles. The van der Waals surface area contributed by atoms with Crippen LogP contribution in [0.4, 0.5) is 0 Å². The third-order valence-electron chi connectivity index (χ3n) is 2.82. The molecule has 0 spiro atoms. The van der Waals surface area contributed by atoms with Crippen LogP contribution in [0.3, 0.4) is 0 Å². The SMILES string of the molecule is CC(=O)NC1CN(C)S(=O)(=O)c2sc(S(N)(=O)=O)cc21. The fraction of sp³-hybridized carbons (Fsp3) is 0.444. The molecule has 8 nitrogen and oxygen atoms in total. The van der Waals surface area contributed by atoms with Crippen molar-refractivity contribution in [3.05, 3.63) is 11.6 Å². The number of nitrogens with one attached hydrogen (secondary N) is 1. The normalized spacial score (nSPS) is 22.2. The van der Waals surface area contributed by atoms with Crippen LogP contribution >= 0.6 is 11.3 Å². The third-order valence-corrected chi connectivity index (χ3v) is 7.74. The molecule has 1 amide bonds.